The third-order valence-electron chi connectivity index (χ3n) is 5.39. The van der Waals surface area contributed by atoms with Gasteiger partial charge in [-0.1, -0.05) is 6.42 Å². The Labute approximate surface area is 137 Å². The van der Waals surface area contributed by atoms with E-state index in [1.54, 1.807) is 18.9 Å². The average Bonchev–Trinajstić information content (AvgIpc) is 2.49. The lowest BCUT2D eigenvalue weighted by Crippen LogP contribution is -2.49. The van der Waals surface area contributed by atoms with Gasteiger partial charge in [-0.05, 0) is 32.6 Å². The highest BCUT2D eigenvalue weighted by molar-refractivity contribution is 7.89. The van der Waals surface area contributed by atoms with Crippen molar-refractivity contribution in [3.8, 4) is 0 Å². The maximum atomic E-state index is 12.4. The summed E-state index contributed by atoms with van der Waals surface area (Å²) in [6.07, 6.45) is 3.27. The highest BCUT2D eigenvalue weighted by Crippen LogP contribution is 2.44. The molecule has 0 spiro atoms. The van der Waals surface area contributed by atoms with Gasteiger partial charge in [-0.15, -0.1) is 0 Å². The van der Waals surface area contributed by atoms with Gasteiger partial charge in [0, 0.05) is 32.6 Å². The lowest BCUT2D eigenvalue weighted by Gasteiger charge is -2.40. The quantitative estimate of drug-likeness (QED) is 0.771. The second kappa shape index (κ2) is 6.76. The molecule has 1 heterocycles. The standard InChI is InChI=1S/C15H26N2O5S/c1-3-23(21,22)16(2)12-5-9-17(10-6-12)13(18)11-15(14(19)20)7-4-8-15/h12H,3-11H2,1-2H3,(H,19,20). The van der Waals surface area contributed by atoms with Crippen LogP contribution in [0.3, 0.4) is 0 Å². The predicted octanol–water partition coefficient (Wildman–Crippen LogP) is 0.904. The number of carboxylic acid groups (broad SMARTS) is 1. The van der Waals surface area contributed by atoms with E-state index in [1.165, 1.54) is 4.31 Å². The third-order valence-corrected chi connectivity index (χ3v) is 7.29. The van der Waals surface area contributed by atoms with Gasteiger partial charge >= 0.3 is 5.97 Å². The predicted molar refractivity (Wildman–Crippen MR) is 85.4 cm³/mol. The van der Waals surface area contributed by atoms with Gasteiger partial charge < -0.3 is 10.0 Å². The van der Waals surface area contributed by atoms with Crippen LogP contribution in [-0.2, 0) is 19.6 Å². The lowest BCUT2D eigenvalue weighted by atomic mass is 9.66. The Hall–Kier alpha value is -1.15. The van der Waals surface area contributed by atoms with Gasteiger partial charge in [0.15, 0.2) is 0 Å². The molecular weight excluding hydrogens is 320 g/mol. The zero-order chi connectivity index (χ0) is 17.3. The summed E-state index contributed by atoms with van der Waals surface area (Å²) in [5.74, 6) is -0.920. The molecule has 2 aliphatic rings. The molecule has 0 unspecified atom stereocenters. The molecule has 2 fully saturated rings. The van der Waals surface area contributed by atoms with Crippen LogP contribution < -0.4 is 0 Å². The minimum Gasteiger partial charge on any atom is -0.481 e. The van der Waals surface area contributed by atoms with E-state index in [9.17, 15) is 23.1 Å². The van der Waals surface area contributed by atoms with Crippen molar-refractivity contribution in [1.82, 2.24) is 9.21 Å². The van der Waals surface area contributed by atoms with Gasteiger partial charge in [0.1, 0.15) is 0 Å². The number of carbonyl (C=O) groups excluding carboxylic acids is 1. The minimum absolute atomic E-state index is 0.0656. The maximum Gasteiger partial charge on any atom is 0.310 e. The van der Waals surface area contributed by atoms with Crippen LogP contribution in [0.15, 0.2) is 0 Å². The maximum absolute atomic E-state index is 12.4. The Balaban J connectivity index is 1.89. The van der Waals surface area contributed by atoms with Crippen LogP contribution in [0.2, 0.25) is 0 Å². The molecule has 0 radical (unpaired) electrons. The number of nitrogens with zero attached hydrogens (tertiary/aromatic N) is 2. The van der Waals surface area contributed by atoms with Crippen LogP contribution in [-0.4, -0.2) is 66.5 Å². The van der Waals surface area contributed by atoms with Gasteiger partial charge in [-0.25, -0.2) is 12.7 Å². The number of likely N-dealkylation sites (tertiary alicyclic amines) is 1. The largest absolute Gasteiger partial charge is 0.481 e. The van der Waals surface area contributed by atoms with E-state index in [0.29, 0.717) is 38.8 Å². The van der Waals surface area contributed by atoms with Crippen LogP contribution >= 0.6 is 0 Å². The van der Waals surface area contributed by atoms with Gasteiger partial charge in [0.25, 0.3) is 0 Å². The molecular formula is C15H26N2O5S. The molecule has 0 aromatic rings. The lowest BCUT2D eigenvalue weighted by molar-refractivity contribution is -0.159. The number of hydrogen-bond donors (Lipinski definition) is 1. The number of carbonyl (C=O) groups is 2. The number of sulfonamides is 1. The molecule has 2 rings (SSSR count). The van der Waals surface area contributed by atoms with E-state index >= 15 is 0 Å². The molecule has 1 aliphatic heterocycles. The highest BCUT2D eigenvalue weighted by Gasteiger charge is 2.46. The number of carboxylic acids is 1. The molecule has 132 valence electrons. The van der Waals surface area contributed by atoms with Crippen LogP contribution in [0.5, 0.6) is 0 Å². The molecule has 1 N–H and O–H groups in total. The van der Waals surface area contributed by atoms with E-state index < -0.39 is 21.4 Å². The van der Waals surface area contributed by atoms with Crippen molar-refractivity contribution >= 4 is 21.9 Å². The molecule has 1 saturated carbocycles. The summed E-state index contributed by atoms with van der Waals surface area (Å²) in [7, 11) is -1.63. The number of hydrogen-bond acceptors (Lipinski definition) is 4. The van der Waals surface area contributed by atoms with Crippen molar-refractivity contribution < 1.29 is 23.1 Å². The summed E-state index contributed by atoms with van der Waals surface area (Å²) in [5.41, 5.74) is -0.865. The monoisotopic (exact) mass is 346 g/mol. The SMILES string of the molecule is CCS(=O)(=O)N(C)C1CCN(C(=O)CC2(C(=O)O)CCC2)CC1. The molecule has 1 amide bonds. The smallest absolute Gasteiger partial charge is 0.310 e. The molecule has 0 bridgehead atoms. The number of piperidine rings is 1. The Morgan fingerprint density at radius 2 is 1.83 bits per heavy atom. The van der Waals surface area contributed by atoms with E-state index in [0.717, 1.165) is 6.42 Å². The first-order valence-corrected chi connectivity index (χ1v) is 9.79. The zero-order valence-electron chi connectivity index (χ0n) is 13.8. The van der Waals surface area contributed by atoms with E-state index in [4.69, 9.17) is 0 Å². The van der Waals surface area contributed by atoms with Crippen LogP contribution in [0.4, 0.5) is 0 Å². The second-order valence-corrected chi connectivity index (χ2v) is 8.96. The van der Waals surface area contributed by atoms with Crippen LogP contribution in [0, 0.1) is 5.41 Å². The Morgan fingerprint density at radius 3 is 2.22 bits per heavy atom. The van der Waals surface area contributed by atoms with Crippen LogP contribution in [0.25, 0.3) is 0 Å². The minimum atomic E-state index is -3.22. The third kappa shape index (κ3) is 3.68. The van der Waals surface area contributed by atoms with Crippen molar-refractivity contribution in [3.63, 3.8) is 0 Å². The fraction of sp³-hybridized carbons (Fsp3) is 0.867. The number of amides is 1. The van der Waals surface area contributed by atoms with Crippen molar-refractivity contribution in [2.75, 3.05) is 25.9 Å². The summed E-state index contributed by atoms with van der Waals surface area (Å²) in [5, 5.41) is 9.32. The first-order chi connectivity index (χ1) is 10.7. The molecule has 7 nitrogen and oxygen atoms in total. The summed E-state index contributed by atoms with van der Waals surface area (Å²) in [4.78, 5) is 25.4. The van der Waals surface area contributed by atoms with E-state index in [-0.39, 0.29) is 24.1 Å². The van der Waals surface area contributed by atoms with Crippen LogP contribution in [0.1, 0.15) is 45.4 Å². The molecule has 23 heavy (non-hydrogen) atoms. The molecule has 1 aliphatic carbocycles. The van der Waals surface area contributed by atoms with Gasteiger partial charge in [0.05, 0.1) is 11.2 Å². The van der Waals surface area contributed by atoms with Gasteiger partial charge in [0.2, 0.25) is 15.9 Å². The zero-order valence-corrected chi connectivity index (χ0v) is 14.6. The van der Waals surface area contributed by atoms with E-state index in [1.807, 2.05) is 0 Å². The number of aliphatic carboxylic acids is 1. The summed E-state index contributed by atoms with van der Waals surface area (Å²) in [6.45, 7) is 2.60. The Morgan fingerprint density at radius 1 is 1.26 bits per heavy atom. The molecule has 8 heteroatoms. The topological polar surface area (TPSA) is 95.0 Å². The van der Waals surface area contributed by atoms with E-state index in [2.05, 4.69) is 0 Å². The summed E-state index contributed by atoms with van der Waals surface area (Å²) in [6, 6.07) is -0.0823. The first kappa shape index (κ1) is 18.2. The number of rotatable bonds is 6. The normalized spacial score (nSPS) is 22.0. The fourth-order valence-electron chi connectivity index (χ4n) is 3.38. The van der Waals surface area contributed by atoms with Crippen molar-refractivity contribution in [2.24, 2.45) is 5.41 Å². The summed E-state index contributed by atoms with van der Waals surface area (Å²) < 4.78 is 25.2. The molecule has 1 saturated heterocycles. The Bertz CT molecular complexity index is 562. The molecule has 0 aromatic carbocycles. The molecule has 0 aromatic heterocycles. The van der Waals surface area contributed by atoms with Gasteiger partial charge in [-0.2, -0.15) is 0 Å². The highest BCUT2D eigenvalue weighted by atomic mass is 32.2. The second-order valence-electron chi connectivity index (χ2n) is 6.64. The fourth-order valence-corrected chi connectivity index (χ4v) is 4.45. The summed E-state index contributed by atoms with van der Waals surface area (Å²) >= 11 is 0. The van der Waals surface area contributed by atoms with Crippen molar-refractivity contribution in [1.29, 1.82) is 0 Å². The van der Waals surface area contributed by atoms with Crippen molar-refractivity contribution in [2.45, 2.75) is 51.5 Å². The average molecular weight is 346 g/mol. The van der Waals surface area contributed by atoms with Crippen molar-refractivity contribution in [3.05, 3.63) is 0 Å². The Kier molecular flexibility index (Phi) is 5.35. The van der Waals surface area contributed by atoms with Gasteiger partial charge in [-0.3, -0.25) is 9.59 Å². The molecule has 0 atom stereocenters. The first-order valence-electron chi connectivity index (χ1n) is 8.19.